The Morgan fingerprint density at radius 2 is 2.46 bits per heavy atom. The quantitative estimate of drug-likeness (QED) is 0.797. The first-order valence-electron chi connectivity index (χ1n) is 3.98. The van der Waals surface area contributed by atoms with Crippen LogP contribution in [0.2, 0.25) is 0 Å². The fraction of sp³-hybridized carbons (Fsp3) is 0.500. The Labute approximate surface area is 80.9 Å². The second kappa shape index (κ2) is 4.32. The van der Waals surface area contributed by atoms with E-state index in [1.165, 1.54) is 4.68 Å². The van der Waals surface area contributed by atoms with Gasteiger partial charge in [-0.3, -0.25) is 4.68 Å². The van der Waals surface area contributed by atoms with Gasteiger partial charge in [0.1, 0.15) is 5.69 Å². The molecule has 0 saturated carbocycles. The summed E-state index contributed by atoms with van der Waals surface area (Å²) in [4.78, 5) is 10.8. The maximum Gasteiger partial charge on any atom is 0.354 e. The summed E-state index contributed by atoms with van der Waals surface area (Å²) in [6.07, 6.45) is 1.62. The highest BCUT2D eigenvalue weighted by Gasteiger charge is 2.14. The number of hydrogen-bond acceptors (Lipinski definition) is 3. The van der Waals surface area contributed by atoms with E-state index in [1.54, 1.807) is 25.0 Å². The van der Waals surface area contributed by atoms with Crippen molar-refractivity contribution in [3.8, 4) is 0 Å². The molecule has 4 nitrogen and oxygen atoms in total. The first-order valence-corrected chi connectivity index (χ1v) is 5.14. The fourth-order valence-electron chi connectivity index (χ4n) is 1.08. The Bertz CT molecular complexity index is 309. The molecule has 1 heterocycles. The standard InChI is InChI=1S/C8H12N2O2S/c1-3-13-5-6-4-9-10(2)7(6)8(11)12/h4H,3,5H2,1-2H3,(H,11,12). The van der Waals surface area contributed by atoms with E-state index in [9.17, 15) is 4.79 Å². The molecule has 1 aromatic heterocycles. The van der Waals surface area contributed by atoms with Gasteiger partial charge in [0.15, 0.2) is 0 Å². The molecular formula is C8H12N2O2S. The molecule has 1 N–H and O–H groups in total. The zero-order valence-corrected chi connectivity index (χ0v) is 8.47. The summed E-state index contributed by atoms with van der Waals surface area (Å²) in [5, 5.41) is 12.8. The predicted octanol–water partition coefficient (Wildman–Crippen LogP) is 1.37. The van der Waals surface area contributed by atoms with Crippen LogP contribution in [0, 0.1) is 0 Å². The zero-order valence-electron chi connectivity index (χ0n) is 7.65. The minimum absolute atomic E-state index is 0.293. The van der Waals surface area contributed by atoms with Crippen molar-refractivity contribution in [2.75, 3.05) is 5.75 Å². The van der Waals surface area contributed by atoms with Crippen LogP contribution in [0.5, 0.6) is 0 Å². The summed E-state index contributed by atoms with van der Waals surface area (Å²) in [7, 11) is 1.64. The molecule has 0 fully saturated rings. The number of hydrogen-bond donors (Lipinski definition) is 1. The molecule has 72 valence electrons. The Hall–Kier alpha value is -0.970. The van der Waals surface area contributed by atoms with Crippen molar-refractivity contribution < 1.29 is 9.90 Å². The average molecular weight is 200 g/mol. The number of aromatic carboxylic acids is 1. The first kappa shape index (κ1) is 10.1. The lowest BCUT2D eigenvalue weighted by atomic mass is 10.3. The highest BCUT2D eigenvalue weighted by molar-refractivity contribution is 7.98. The molecule has 0 saturated heterocycles. The van der Waals surface area contributed by atoms with Crippen LogP contribution >= 0.6 is 11.8 Å². The van der Waals surface area contributed by atoms with Gasteiger partial charge in [-0.2, -0.15) is 16.9 Å². The van der Waals surface area contributed by atoms with Crippen molar-refractivity contribution in [2.24, 2.45) is 7.05 Å². The lowest BCUT2D eigenvalue weighted by molar-refractivity contribution is 0.0684. The molecular weight excluding hydrogens is 188 g/mol. The van der Waals surface area contributed by atoms with E-state index in [-0.39, 0.29) is 0 Å². The molecule has 0 bridgehead atoms. The third kappa shape index (κ3) is 2.24. The predicted molar refractivity (Wildman–Crippen MR) is 52.0 cm³/mol. The van der Waals surface area contributed by atoms with Crippen LogP contribution in [-0.2, 0) is 12.8 Å². The van der Waals surface area contributed by atoms with Crippen LogP contribution in [0.3, 0.4) is 0 Å². The van der Waals surface area contributed by atoms with Crippen molar-refractivity contribution in [1.29, 1.82) is 0 Å². The normalized spacial score (nSPS) is 10.3. The number of carboxylic acids is 1. The topological polar surface area (TPSA) is 55.1 Å². The summed E-state index contributed by atoms with van der Waals surface area (Å²) in [5.41, 5.74) is 1.09. The van der Waals surface area contributed by atoms with E-state index in [0.29, 0.717) is 11.4 Å². The maximum atomic E-state index is 10.8. The van der Waals surface area contributed by atoms with Crippen LogP contribution in [0.1, 0.15) is 23.0 Å². The van der Waals surface area contributed by atoms with Gasteiger partial charge in [-0.1, -0.05) is 6.92 Å². The molecule has 13 heavy (non-hydrogen) atoms. The van der Waals surface area contributed by atoms with Gasteiger partial charge in [0, 0.05) is 18.4 Å². The second-order valence-corrected chi connectivity index (χ2v) is 3.86. The van der Waals surface area contributed by atoms with Crippen molar-refractivity contribution in [1.82, 2.24) is 9.78 Å². The summed E-state index contributed by atoms with van der Waals surface area (Å²) in [6.45, 7) is 2.04. The van der Waals surface area contributed by atoms with Crippen molar-refractivity contribution in [3.05, 3.63) is 17.5 Å². The SMILES string of the molecule is CCSCc1cnn(C)c1C(=O)O. The number of thioether (sulfide) groups is 1. The van der Waals surface area contributed by atoms with E-state index >= 15 is 0 Å². The van der Waals surface area contributed by atoms with Gasteiger partial charge in [0.2, 0.25) is 0 Å². The highest BCUT2D eigenvalue weighted by Crippen LogP contribution is 2.15. The minimum Gasteiger partial charge on any atom is -0.477 e. The number of aromatic nitrogens is 2. The van der Waals surface area contributed by atoms with E-state index in [0.717, 1.165) is 11.3 Å². The Balaban J connectivity index is 2.87. The van der Waals surface area contributed by atoms with Gasteiger partial charge in [-0.15, -0.1) is 0 Å². The number of rotatable bonds is 4. The van der Waals surface area contributed by atoms with Gasteiger partial charge in [-0.25, -0.2) is 4.79 Å². The average Bonchev–Trinajstić information content (AvgIpc) is 2.43. The lowest BCUT2D eigenvalue weighted by Crippen LogP contribution is -2.07. The lowest BCUT2D eigenvalue weighted by Gasteiger charge is -1.99. The Morgan fingerprint density at radius 3 is 3.00 bits per heavy atom. The van der Waals surface area contributed by atoms with E-state index in [2.05, 4.69) is 5.10 Å². The molecule has 1 rings (SSSR count). The molecule has 0 aliphatic heterocycles. The summed E-state index contributed by atoms with van der Waals surface area (Å²) >= 11 is 1.69. The third-order valence-electron chi connectivity index (χ3n) is 1.68. The van der Waals surface area contributed by atoms with Gasteiger partial charge in [-0.05, 0) is 5.75 Å². The fourth-order valence-corrected chi connectivity index (χ4v) is 1.71. The number of carbonyl (C=O) groups is 1. The molecule has 0 aliphatic carbocycles. The van der Waals surface area contributed by atoms with Gasteiger partial charge in [0.25, 0.3) is 0 Å². The summed E-state index contributed by atoms with van der Waals surface area (Å²) < 4.78 is 1.40. The maximum absolute atomic E-state index is 10.8. The molecule has 1 aromatic rings. The number of carboxylic acid groups (broad SMARTS) is 1. The van der Waals surface area contributed by atoms with Gasteiger partial charge in [0.05, 0.1) is 6.20 Å². The van der Waals surface area contributed by atoms with Crippen LogP contribution in [0.15, 0.2) is 6.20 Å². The second-order valence-electron chi connectivity index (χ2n) is 2.58. The van der Waals surface area contributed by atoms with Crippen LogP contribution < -0.4 is 0 Å². The van der Waals surface area contributed by atoms with Crippen molar-refractivity contribution >= 4 is 17.7 Å². The highest BCUT2D eigenvalue weighted by atomic mass is 32.2. The molecule has 0 aliphatic rings. The minimum atomic E-state index is -0.910. The number of nitrogens with zero attached hydrogens (tertiary/aromatic N) is 2. The molecule has 0 atom stereocenters. The third-order valence-corrected chi connectivity index (χ3v) is 2.60. The number of aryl methyl sites for hydroxylation is 1. The molecule has 0 radical (unpaired) electrons. The van der Waals surface area contributed by atoms with Crippen LogP contribution in [0.4, 0.5) is 0 Å². The van der Waals surface area contributed by atoms with Crippen molar-refractivity contribution in [2.45, 2.75) is 12.7 Å². The summed E-state index contributed by atoms with van der Waals surface area (Å²) in [5.74, 6) is 0.784. The van der Waals surface area contributed by atoms with Gasteiger partial charge < -0.3 is 5.11 Å². The van der Waals surface area contributed by atoms with Gasteiger partial charge >= 0.3 is 5.97 Å². The van der Waals surface area contributed by atoms with Crippen LogP contribution in [-0.4, -0.2) is 26.6 Å². The monoisotopic (exact) mass is 200 g/mol. The molecule has 0 unspecified atom stereocenters. The summed E-state index contributed by atoms with van der Waals surface area (Å²) in [6, 6.07) is 0. The Morgan fingerprint density at radius 1 is 1.77 bits per heavy atom. The van der Waals surface area contributed by atoms with Crippen molar-refractivity contribution in [3.63, 3.8) is 0 Å². The smallest absolute Gasteiger partial charge is 0.354 e. The molecule has 0 aromatic carbocycles. The van der Waals surface area contributed by atoms with Crippen LogP contribution in [0.25, 0.3) is 0 Å². The van der Waals surface area contributed by atoms with E-state index < -0.39 is 5.97 Å². The first-order chi connectivity index (χ1) is 6.16. The largest absolute Gasteiger partial charge is 0.477 e. The van der Waals surface area contributed by atoms with E-state index in [4.69, 9.17) is 5.11 Å². The zero-order chi connectivity index (χ0) is 9.84. The molecule has 0 spiro atoms. The molecule has 5 heteroatoms. The Kier molecular flexibility index (Phi) is 3.36. The van der Waals surface area contributed by atoms with E-state index in [1.807, 2.05) is 6.92 Å². The molecule has 0 amide bonds.